The Morgan fingerprint density at radius 1 is 1.21 bits per heavy atom. The number of halogens is 1. The predicted octanol–water partition coefficient (Wildman–Crippen LogP) is 2.95. The molecule has 2 aromatic rings. The number of methoxy groups -OCH3 is 1. The fourth-order valence-corrected chi connectivity index (χ4v) is 3.54. The van der Waals surface area contributed by atoms with Crippen LogP contribution in [0.25, 0.3) is 0 Å². The van der Waals surface area contributed by atoms with Crippen LogP contribution in [0.15, 0.2) is 28.8 Å². The third kappa shape index (κ3) is 5.31. The van der Waals surface area contributed by atoms with E-state index < -0.39 is 6.04 Å². The lowest BCUT2D eigenvalue weighted by Crippen LogP contribution is -2.49. The molecule has 0 amide bonds. The van der Waals surface area contributed by atoms with Crippen molar-refractivity contribution in [1.29, 1.82) is 0 Å². The van der Waals surface area contributed by atoms with Crippen LogP contribution in [0.3, 0.4) is 0 Å². The lowest BCUT2D eigenvalue weighted by atomic mass is 10.0. The Morgan fingerprint density at radius 3 is 2.50 bits per heavy atom. The summed E-state index contributed by atoms with van der Waals surface area (Å²) in [6, 6.07) is 6.94. The van der Waals surface area contributed by atoms with E-state index in [0.717, 1.165) is 38.2 Å². The molecule has 0 saturated carbocycles. The number of carbonyl (C=O) groups excluding carboxylic acids is 1. The second kappa shape index (κ2) is 9.49. The molecular weight excluding hydrogens is 380 g/mol. The summed E-state index contributed by atoms with van der Waals surface area (Å²) in [5.41, 5.74) is 0.890. The van der Waals surface area contributed by atoms with E-state index in [-0.39, 0.29) is 5.97 Å². The summed E-state index contributed by atoms with van der Waals surface area (Å²) in [7, 11) is 1.42. The van der Waals surface area contributed by atoms with Crippen LogP contribution in [0, 0.1) is 5.92 Å². The highest BCUT2D eigenvalue weighted by Gasteiger charge is 2.31. The van der Waals surface area contributed by atoms with Gasteiger partial charge in [0, 0.05) is 37.6 Å². The molecule has 2 heterocycles. The van der Waals surface area contributed by atoms with E-state index in [0.29, 0.717) is 29.2 Å². The zero-order valence-corrected chi connectivity index (χ0v) is 17.4. The van der Waals surface area contributed by atoms with Gasteiger partial charge in [-0.3, -0.25) is 9.80 Å². The Labute approximate surface area is 170 Å². The molecular formula is C20H27ClN4O3. The number of aromatic nitrogens is 2. The highest BCUT2D eigenvalue weighted by Crippen LogP contribution is 2.25. The van der Waals surface area contributed by atoms with Crippen LogP contribution in [0.5, 0.6) is 0 Å². The van der Waals surface area contributed by atoms with Crippen molar-refractivity contribution in [2.45, 2.75) is 32.9 Å². The average molecular weight is 407 g/mol. The molecule has 1 saturated heterocycles. The molecule has 1 aliphatic rings. The molecule has 1 atom stereocenters. The van der Waals surface area contributed by atoms with Gasteiger partial charge in [0.25, 0.3) is 0 Å². The first kappa shape index (κ1) is 20.8. The van der Waals surface area contributed by atoms with Crippen LogP contribution in [-0.4, -0.2) is 59.2 Å². The Hall–Kier alpha value is -1.96. The fourth-order valence-electron chi connectivity index (χ4n) is 3.42. The van der Waals surface area contributed by atoms with Crippen molar-refractivity contribution in [2.75, 3.05) is 33.3 Å². The van der Waals surface area contributed by atoms with Gasteiger partial charge in [0.05, 0.1) is 13.7 Å². The summed E-state index contributed by atoms with van der Waals surface area (Å²) in [5, 5.41) is 4.73. The standard InChI is InChI=1S/C20H27ClN4O3/c1-14(2)12-18-22-17(23-28-18)13-24-8-10-25(11-9-24)19(20(26)27-3)15-4-6-16(21)7-5-15/h4-7,14,19H,8-13H2,1-3H3. The number of benzene rings is 1. The molecule has 1 aromatic carbocycles. The van der Waals surface area contributed by atoms with Gasteiger partial charge in [-0.1, -0.05) is 42.7 Å². The van der Waals surface area contributed by atoms with E-state index in [4.69, 9.17) is 20.9 Å². The predicted molar refractivity (Wildman–Crippen MR) is 106 cm³/mol. The molecule has 0 spiro atoms. The summed E-state index contributed by atoms with van der Waals surface area (Å²) >= 11 is 5.99. The zero-order chi connectivity index (χ0) is 20.1. The van der Waals surface area contributed by atoms with Gasteiger partial charge in [-0.2, -0.15) is 4.98 Å². The molecule has 0 aliphatic carbocycles. The molecule has 28 heavy (non-hydrogen) atoms. The van der Waals surface area contributed by atoms with Crippen molar-refractivity contribution in [1.82, 2.24) is 19.9 Å². The second-order valence-corrected chi connectivity index (χ2v) is 7.93. The topological polar surface area (TPSA) is 71.7 Å². The highest BCUT2D eigenvalue weighted by molar-refractivity contribution is 6.30. The first-order valence-electron chi connectivity index (χ1n) is 9.57. The van der Waals surface area contributed by atoms with Gasteiger partial charge < -0.3 is 9.26 Å². The molecule has 1 fully saturated rings. The first-order valence-corrected chi connectivity index (χ1v) is 9.95. The van der Waals surface area contributed by atoms with E-state index >= 15 is 0 Å². The summed E-state index contributed by atoms with van der Waals surface area (Å²) < 4.78 is 10.4. The van der Waals surface area contributed by atoms with Gasteiger partial charge in [0.2, 0.25) is 5.89 Å². The van der Waals surface area contributed by atoms with Crippen molar-refractivity contribution >= 4 is 17.6 Å². The average Bonchev–Trinajstić information content (AvgIpc) is 3.10. The number of rotatable bonds is 7. The smallest absolute Gasteiger partial charge is 0.327 e. The molecule has 0 radical (unpaired) electrons. The molecule has 0 bridgehead atoms. The van der Waals surface area contributed by atoms with Crippen LogP contribution < -0.4 is 0 Å². The highest BCUT2D eigenvalue weighted by atomic mass is 35.5. The maximum atomic E-state index is 12.4. The third-order valence-electron chi connectivity index (χ3n) is 4.84. The van der Waals surface area contributed by atoms with Gasteiger partial charge >= 0.3 is 5.97 Å². The molecule has 0 N–H and O–H groups in total. The minimum absolute atomic E-state index is 0.257. The molecule has 1 aromatic heterocycles. The number of piperazine rings is 1. The third-order valence-corrected chi connectivity index (χ3v) is 5.09. The minimum Gasteiger partial charge on any atom is -0.468 e. The van der Waals surface area contributed by atoms with E-state index in [1.807, 2.05) is 12.1 Å². The number of hydrogen-bond donors (Lipinski definition) is 0. The summed E-state index contributed by atoms with van der Waals surface area (Å²) in [5.74, 6) is 1.63. The number of esters is 1. The van der Waals surface area contributed by atoms with Gasteiger partial charge in [0.15, 0.2) is 5.82 Å². The SMILES string of the molecule is COC(=O)C(c1ccc(Cl)cc1)N1CCN(Cc2noc(CC(C)C)n2)CC1. The minimum atomic E-state index is -0.424. The van der Waals surface area contributed by atoms with Gasteiger partial charge in [-0.25, -0.2) is 4.79 Å². The monoisotopic (exact) mass is 406 g/mol. The van der Waals surface area contributed by atoms with Gasteiger partial charge in [0.1, 0.15) is 6.04 Å². The maximum Gasteiger partial charge on any atom is 0.327 e. The molecule has 152 valence electrons. The Morgan fingerprint density at radius 2 is 1.89 bits per heavy atom. The van der Waals surface area contributed by atoms with Crippen LogP contribution in [-0.2, 0) is 22.5 Å². The van der Waals surface area contributed by atoms with E-state index in [1.165, 1.54) is 7.11 Å². The number of hydrogen-bond acceptors (Lipinski definition) is 7. The number of ether oxygens (including phenoxy) is 1. The molecule has 1 aliphatic heterocycles. The van der Waals surface area contributed by atoms with Crippen molar-refractivity contribution in [3.63, 3.8) is 0 Å². The number of carbonyl (C=O) groups is 1. The summed E-state index contributed by atoms with van der Waals surface area (Å²) in [4.78, 5) is 21.3. The lowest BCUT2D eigenvalue weighted by Gasteiger charge is -2.37. The Kier molecular flexibility index (Phi) is 7.04. The lowest BCUT2D eigenvalue weighted by molar-refractivity contribution is -0.148. The van der Waals surface area contributed by atoms with E-state index in [2.05, 4.69) is 33.8 Å². The second-order valence-electron chi connectivity index (χ2n) is 7.49. The van der Waals surface area contributed by atoms with E-state index in [9.17, 15) is 4.79 Å². The molecule has 7 nitrogen and oxygen atoms in total. The molecule has 8 heteroatoms. The Balaban J connectivity index is 1.60. The van der Waals surface area contributed by atoms with Crippen molar-refractivity contribution in [2.24, 2.45) is 5.92 Å². The summed E-state index contributed by atoms with van der Waals surface area (Å²) in [6.07, 6.45) is 0.794. The maximum absolute atomic E-state index is 12.4. The zero-order valence-electron chi connectivity index (χ0n) is 16.6. The van der Waals surface area contributed by atoms with Crippen LogP contribution in [0.1, 0.15) is 37.2 Å². The quantitative estimate of drug-likeness (QED) is 0.654. The van der Waals surface area contributed by atoms with Crippen LogP contribution in [0.2, 0.25) is 5.02 Å². The molecule has 1 unspecified atom stereocenters. The Bertz CT molecular complexity index is 770. The first-order chi connectivity index (χ1) is 13.5. The van der Waals surface area contributed by atoms with Gasteiger partial charge in [-0.15, -0.1) is 0 Å². The fraction of sp³-hybridized carbons (Fsp3) is 0.550. The van der Waals surface area contributed by atoms with E-state index in [1.54, 1.807) is 12.1 Å². The number of nitrogens with zero attached hydrogens (tertiary/aromatic N) is 4. The molecule has 3 rings (SSSR count). The van der Waals surface area contributed by atoms with Crippen LogP contribution in [0.4, 0.5) is 0 Å². The van der Waals surface area contributed by atoms with Crippen LogP contribution >= 0.6 is 11.6 Å². The normalized spacial score (nSPS) is 17.0. The van der Waals surface area contributed by atoms with Crippen molar-refractivity contribution in [3.05, 3.63) is 46.6 Å². The van der Waals surface area contributed by atoms with Crippen molar-refractivity contribution < 1.29 is 14.1 Å². The largest absolute Gasteiger partial charge is 0.468 e. The van der Waals surface area contributed by atoms with Crippen molar-refractivity contribution in [3.8, 4) is 0 Å². The summed E-state index contributed by atoms with van der Waals surface area (Å²) in [6.45, 7) is 8.03. The van der Waals surface area contributed by atoms with Gasteiger partial charge in [-0.05, 0) is 23.6 Å².